The first-order valence-electron chi connectivity index (χ1n) is 5.72. The number of benzene rings is 2. The fraction of sp³-hybridized carbons (Fsp3) is 0.133. The van der Waals surface area contributed by atoms with E-state index < -0.39 is 0 Å². The highest BCUT2D eigenvalue weighted by atomic mass is 35.5. The molecule has 0 aliphatic carbocycles. The van der Waals surface area contributed by atoms with Crippen molar-refractivity contribution >= 4 is 29.0 Å². The van der Waals surface area contributed by atoms with Crippen molar-refractivity contribution in [2.24, 2.45) is 0 Å². The number of ketones is 1. The number of carbonyl (C=O) groups is 1. The number of hydrogen-bond acceptors (Lipinski definition) is 2. The highest BCUT2D eigenvalue weighted by molar-refractivity contribution is 6.43. The second-order valence-electron chi connectivity index (χ2n) is 4.01. The van der Waals surface area contributed by atoms with Gasteiger partial charge < -0.3 is 4.74 Å². The zero-order valence-electron chi connectivity index (χ0n) is 10.3. The van der Waals surface area contributed by atoms with Crippen LogP contribution in [0.4, 0.5) is 0 Å². The van der Waals surface area contributed by atoms with Crippen molar-refractivity contribution in [1.82, 2.24) is 0 Å². The standard InChI is InChI=1S/C15H12Cl2O2/c1-19-14-8-3-2-5-10(14)9-13(18)11-6-4-7-12(16)15(11)17/h2-8H,9H2,1H3. The van der Waals surface area contributed by atoms with Gasteiger partial charge in [-0.2, -0.15) is 0 Å². The maximum atomic E-state index is 12.3. The average molecular weight is 295 g/mol. The quantitative estimate of drug-likeness (QED) is 0.780. The van der Waals surface area contributed by atoms with Gasteiger partial charge in [-0.15, -0.1) is 0 Å². The van der Waals surface area contributed by atoms with Gasteiger partial charge in [-0.05, 0) is 18.2 Å². The van der Waals surface area contributed by atoms with E-state index in [1.54, 1.807) is 25.3 Å². The normalized spacial score (nSPS) is 10.3. The number of Topliss-reactive ketones (excluding diaryl/α,β-unsaturated/α-hetero) is 1. The van der Waals surface area contributed by atoms with Crippen LogP contribution in [-0.2, 0) is 6.42 Å². The molecular formula is C15H12Cl2O2. The Morgan fingerprint density at radius 3 is 2.58 bits per heavy atom. The lowest BCUT2D eigenvalue weighted by molar-refractivity contribution is 0.0992. The first-order chi connectivity index (χ1) is 9.13. The van der Waals surface area contributed by atoms with E-state index in [4.69, 9.17) is 27.9 Å². The van der Waals surface area contributed by atoms with Crippen LogP contribution in [0.2, 0.25) is 10.0 Å². The van der Waals surface area contributed by atoms with Crippen LogP contribution in [0, 0.1) is 0 Å². The van der Waals surface area contributed by atoms with Gasteiger partial charge in [0, 0.05) is 17.5 Å². The van der Waals surface area contributed by atoms with E-state index in [0.717, 1.165) is 5.56 Å². The molecule has 19 heavy (non-hydrogen) atoms. The van der Waals surface area contributed by atoms with Gasteiger partial charge in [-0.1, -0.05) is 47.5 Å². The van der Waals surface area contributed by atoms with Crippen molar-refractivity contribution in [1.29, 1.82) is 0 Å². The lowest BCUT2D eigenvalue weighted by atomic mass is 10.0. The summed E-state index contributed by atoms with van der Waals surface area (Å²) in [4.78, 5) is 12.3. The smallest absolute Gasteiger partial charge is 0.168 e. The predicted molar refractivity (Wildman–Crippen MR) is 77.5 cm³/mol. The Morgan fingerprint density at radius 2 is 1.84 bits per heavy atom. The van der Waals surface area contributed by atoms with Crippen LogP contribution < -0.4 is 4.74 Å². The minimum Gasteiger partial charge on any atom is -0.496 e. The van der Waals surface area contributed by atoms with Crippen LogP contribution in [0.25, 0.3) is 0 Å². The van der Waals surface area contributed by atoms with Gasteiger partial charge in [-0.3, -0.25) is 4.79 Å². The summed E-state index contributed by atoms with van der Waals surface area (Å²) in [5.74, 6) is 0.603. The van der Waals surface area contributed by atoms with E-state index in [2.05, 4.69) is 0 Å². The molecule has 2 aromatic carbocycles. The van der Waals surface area contributed by atoms with Crippen molar-refractivity contribution < 1.29 is 9.53 Å². The topological polar surface area (TPSA) is 26.3 Å². The minimum absolute atomic E-state index is 0.0861. The molecule has 2 aromatic rings. The highest BCUT2D eigenvalue weighted by Gasteiger charge is 2.14. The summed E-state index contributed by atoms with van der Waals surface area (Å²) in [6.07, 6.45) is 0.226. The first kappa shape index (κ1) is 13.9. The molecule has 0 spiro atoms. The van der Waals surface area contributed by atoms with E-state index >= 15 is 0 Å². The third-order valence-electron chi connectivity index (χ3n) is 2.80. The average Bonchev–Trinajstić information content (AvgIpc) is 2.42. The molecule has 0 N–H and O–H groups in total. The summed E-state index contributed by atoms with van der Waals surface area (Å²) in [7, 11) is 1.58. The fourth-order valence-corrected chi connectivity index (χ4v) is 2.24. The van der Waals surface area contributed by atoms with Gasteiger partial charge in [0.05, 0.1) is 17.2 Å². The molecule has 0 atom stereocenters. The van der Waals surface area contributed by atoms with Crippen molar-refractivity contribution in [3.63, 3.8) is 0 Å². The second-order valence-corrected chi connectivity index (χ2v) is 4.80. The van der Waals surface area contributed by atoms with Crippen LogP contribution in [0.1, 0.15) is 15.9 Å². The molecular weight excluding hydrogens is 283 g/mol. The van der Waals surface area contributed by atoms with Gasteiger partial charge >= 0.3 is 0 Å². The summed E-state index contributed by atoms with van der Waals surface area (Å²) < 4.78 is 5.22. The van der Waals surface area contributed by atoms with E-state index in [1.165, 1.54) is 0 Å². The van der Waals surface area contributed by atoms with Crippen LogP contribution in [0.5, 0.6) is 5.75 Å². The molecule has 0 aliphatic rings. The number of hydrogen-bond donors (Lipinski definition) is 0. The van der Waals surface area contributed by atoms with E-state index in [9.17, 15) is 4.79 Å². The Balaban J connectivity index is 2.28. The molecule has 0 unspecified atom stereocenters. The van der Waals surface area contributed by atoms with Crippen LogP contribution in [-0.4, -0.2) is 12.9 Å². The molecule has 0 amide bonds. The summed E-state index contributed by atoms with van der Waals surface area (Å²) >= 11 is 12.0. The van der Waals surface area contributed by atoms with Gasteiger partial charge in [-0.25, -0.2) is 0 Å². The minimum atomic E-state index is -0.0861. The lowest BCUT2D eigenvalue weighted by Gasteiger charge is -2.08. The number of ether oxygens (including phenoxy) is 1. The Kier molecular flexibility index (Phi) is 4.46. The first-order valence-corrected chi connectivity index (χ1v) is 6.48. The molecule has 4 heteroatoms. The molecule has 0 radical (unpaired) electrons. The van der Waals surface area contributed by atoms with Crippen molar-refractivity contribution in [2.45, 2.75) is 6.42 Å². The molecule has 0 heterocycles. The van der Waals surface area contributed by atoms with Crippen molar-refractivity contribution in [3.8, 4) is 5.75 Å². The number of methoxy groups -OCH3 is 1. The maximum Gasteiger partial charge on any atom is 0.168 e. The van der Waals surface area contributed by atoms with E-state index in [-0.39, 0.29) is 12.2 Å². The second kappa shape index (κ2) is 6.09. The summed E-state index contributed by atoms with van der Waals surface area (Å²) in [5, 5.41) is 0.677. The molecule has 2 nitrogen and oxygen atoms in total. The van der Waals surface area contributed by atoms with Gasteiger partial charge in [0.15, 0.2) is 5.78 Å². The zero-order chi connectivity index (χ0) is 13.8. The maximum absolute atomic E-state index is 12.3. The SMILES string of the molecule is COc1ccccc1CC(=O)c1cccc(Cl)c1Cl. The lowest BCUT2D eigenvalue weighted by Crippen LogP contribution is -2.05. The number of para-hydroxylation sites is 1. The van der Waals surface area contributed by atoms with E-state index in [1.807, 2.05) is 24.3 Å². The largest absolute Gasteiger partial charge is 0.496 e. The third kappa shape index (κ3) is 3.09. The van der Waals surface area contributed by atoms with Crippen LogP contribution >= 0.6 is 23.2 Å². The number of rotatable bonds is 4. The summed E-state index contributed by atoms with van der Waals surface area (Å²) in [6.45, 7) is 0. The Hall–Kier alpha value is -1.51. The Bertz CT molecular complexity index is 609. The van der Waals surface area contributed by atoms with Gasteiger partial charge in [0.2, 0.25) is 0 Å². The summed E-state index contributed by atoms with van der Waals surface area (Å²) in [5.41, 5.74) is 1.26. The zero-order valence-corrected chi connectivity index (χ0v) is 11.8. The molecule has 0 fully saturated rings. The molecule has 0 saturated heterocycles. The molecule has 0 aliphatic heterocycles. The van der Waals surface area contributed by atoms with Crippen molar-refractivity contribution in [3.05, 3.63) is 63.6 Å². The monoisotopic (exact) mass is 294 g/mol. The van der Waals surface area contributed by atoms with Crippen LogP contribution in [0.15, 0.2) is 42.5 Å². The van der Waals surface area contributed by atoms with Gasteiger partial charge in [0.1, 0.15) is 5.75 Å². The number of halogens is 2. The predicted octanol–water partition coefficient (Wildman–Crippen LogP) is 4.43. The fourth-order valence-electron chi connectivity index (χ4n) is 1.84. The number of carbonyl (C=O) groups excluding carboxylic acids is 1. The Morgan fingerprint density at radius 1 is 1.11 bits per heavy atom. The van der Waals surface area contributed by atoms with Crippen LogP contribution in [0.3, 0.4) is 0 Å². The van der Waals surface area contributed by atoms with Gasteiger partial charge in [0.25, 0.3) is 0 Å². The highest BCUT2D eigenvalue weighted by Crippen LogP contribution is 2.27. The Labute approximate surface area is 121 Å². The van der Waals surface area contributed by atoms with E-state index in [0.29, 0.717) is 21.4 Å². The van der Waals surface area contributed by atoms with Crippen molar-refractivity contribution in [2.75, 3.05) is 7.11 Å². The molecule has 0 bridgehead atoms. The molecule has 2 rings (SSSR count). The summed E-state index contributed by atoms with van der Waals surface area (Å²) in [6, 6.07) is 12.4. The molecule has 0 aromatic heterocycles. The molecule has 0 saturated carbocycles. The third-order valence-corrected chi connectivity index (χ3v) is 3.61. The molecule has 98 valence electrons.